The molecule has 11 rings (SSSR count). The molecule has 226 valence electrons. The van der Waals surface area contributed by atoms with Crippen LogP contribution < -0.4 is 0 Å². The van der Waals surface area contributed by atoms with Gasteiger partial charge in [-0.3, -0.25) is 0 Å². The zero-order valence-corrected chi connectivity index (χ0v) is 26.7. The Balaban J connectivity index is 1.39. The first-order chi connectivity index (χ1) is 24.3. The number of para-hydroxylation sites is 1. The number of hydrogen-bond donors (Lipinski definition) is 0. The summed E-state index contributed by atoms with van der Waals surface area (Å²) in [6.45, 7) is 0. The van der Waals surface area contributed by atoms with E-state index in [1.807, 2.05) is 0 Å². The number of fused-ring (bicyclic) bond motifs is 13. The average Bonchev–Trinajstić information content (AvgIpc) is 3.51. The average molecular weight is 620 g/mol. The molecule has 10 aromatic carbocycles. The van der Waals surface area contributed by atoms with Gasteiger partial charge in [-0.25, -0.2) is 0 Å². The van der Waals surface area contributed by atoms with Crippen molar-refractivity contribution in [3.63, 3.8) is 0 Å². The molecule has 0 aliphatic heterocycles. The van der Waals surface area contributed by atoms with Gasteiger partial charge in [0.05, 0.1) is 16.7 Å². The Labute approximate surface area is 282 Å². The van der Waals surface area contributed by atoms with Crippen LogP contribution in [0.25, 0.3) is 103 Å². The maximum atomic E-state index is 2.59. The van der Waals surface area contributed by atoms with Crippen LogP contribution in [-0.4, -0.2) is 4.57 Å². The molecule has 0 spiro atoms. The lowest BCUT2D eigenvalue weighted by Crippen LogP contribution is -1.99. The Morgan fingerprint density at radius 1 is 0.306 bits per heavy atom. The quantitative estimate of drug-likeness (QED) is 0.134. The lowest BCUT2D eigenvalue weighted by molar-refractivity contribution is 1.22. The number of aromatic nitrogens is 1. The van der Waals surface area contributed by atoms with Crippen LogP contribution in [0, 0.1) is 0 Å². The number of hydrogen-bond acceptors (Lipinski definition) is 0. The minimum absolute atomic E-state index is 1.22. The lowest BCUT2D eigenvalue weighted by Gasteiger charge is -2.20. The van der Waals surface area contributed by atoms with Crippen molar-refractivity contribution in [3.8, 4) is 16.8 Å². The molecule has 1 heterocycles. The molecule has 0 amide bonds. The second kappa shape index (κ2) is 10.0. The van der Waals surface area contributed by atoms with Crippen molar-refractivity contribution in [2.75, 3.05) is 0 Å². The summed E-state index contributed by atoms with van der Waals surface area (Å²) in [6.07, 6.45) is 0. The number of rotatable bonds is 2. The summed E-state index contributed by atoms with van der Waals surface area (Å²) >= 11 is 0. The van der Waals surface area contributed by atoms with E-state index in [0.717, 1.165) is 0 Å². The van der Waals surface area contributed by atoms with Crippen molar-refractivity contribution in [2.45, 2.75) is 0 Å². The third-order valence-corrected chi connectivity index (χ3v) is 10.7. The van der Waals surface area contributed by atoms with Crippen molar-refractivity contribution in [3.05, 3.63) is 176 Å². The van der Waals surface area contributed by atoms with Crippen LogP contribution in [0.5, 0.6) is 0 Å². The maximum Gasteiger partial charge on any atom is 0.0626 e. The molecule has 1 heteroatoms. The smallest absolute Gasteiger partial charge is 0.0626 e. The molecule has 1 nitrogen and oxygen atoms in total. The zero-order valence-electron chi connectivity index (χ0n) is 26.7. The molecule has 0 N–H and O–H groups in total. The summed E-state index contributed by atoms with van der Waals surface area (Å²) in [4.78, 5) is 0. The molecule has 0 bridgehead atoms. The van der Waals surface area contributed by atoms with Gasteiger partial charge in [0.15, 0.2) is 0 Å². The van der Waals surface area contributed by atoms with E-state index < -0.39 is 0 Å². The SMILES string of the molecule is c1ccc2cc(-c3c4ccccc4c(-n4c5ccccc5c5c6c7ccccc7ccc6c6ccccc6c54)c4ccccc34)ccc2c1. The van der Waals surface area contributed by atoms with E-state index in [2.05, 4.69) is 180 Å². The van der Waals surface area contributed by atoms with Crippen LogP contribution in [0.4, 0.5) is 0 Å². The minimum atomic E-state index is 1.22. The molecule has 0 saturated heterocycles. The lowest BCUT2D eigenvalue weighted by atomic mass is 9.89. The summed E-state index contributed by atoms with van der Waals surface area (Å²) in [5, 5.41) is 17.8. The molecule has 0 aliphatic rings. The standard InChI is InChI=1S/C48H29N/c1-2-15-32-29-33(26-25-30(32)13-1)44-36-18-6-9-21-40(36)47(41-22-10-7-19-37(41)44)49-43-24-12-11-23-42(43)46-45-34-16-4-3-14-31(34)27-28-38(45)35-17-5-8-20-39(35)48(46)49/h1-29H. The number of nitrogens with zero attached hydrogens (tertiary/aromatic N) is 1. The van der Waals surface area contributed by atoms with Gasteiger partial charge in [0.25, 0.3) is 0 Å². The molecule has 0 fully saturated rings. The molecule has 0 atom stereocenters. The van der Waals surface area contributed by atoms with Crippen LogP contribution in [0.15, 0.2) is 176 Å². The molecular formula is C48H29N. The van der Waals surface area contributed by atoms with Gasteiger partial charge in [-0.1, -0.05) is 164 Å². The van der Waals surface area contributed by atoms with Crippen LogP contribution in [0.2, 0.25) is 0 Å². The highest BCUT2D eigenvalue weighted by Gasteiger charge is 2.24. The molecule has 49 heavy (non-hydrogen) atoms. The summed E-state index contributed by atoms with van der Waals surface area (Å²) in [5.41, 5.74) is 6.23. The normalized spacial score (nSPS) is 12.1. The van der Waals surface area contributed by atoms with Gasteiger partial charge in [0, 0.05) is 32.3 Å². The fourth-order valence-corrected chi connectivity index (χ4v) is 8.67. The van der Waals surface area contributed by atoms with Gasteiger partial charge < -0.3 is 4.57 Å². The Morgan fingerprint density at radius 2 is 0.837 bits per heavy atom. The van der Waals surface area contributed by atoms with Gasteiger partial charge >= 0.3 is 0 Å². The van der Waals surface area contributed by atoms with Crippen molar-refractivity contribution >= 4 is 86.4 Å². The van der Waals surface area contributed by atoms with E-state index in [4.69, 9.17) is 0 Å². The molecule has 1 aromatic heterocycles. The predicted octanol–water partition coefficient (Wildman–Crippen LogP) is 13.4. The van der Waals surface area contributed by atoms with Gasteiger partial charge in [-0.05, 0) is 66.3 Å². The van der Waals surface area contributed by atoms with Crippen LogP contribution in [0.3, 0.4) is 0 Å². The Morgan fingerprint density at radius 3 is 1.57 bits per heavy atom. The molecule has 0 unspecified atom stereocenters. The predicted molar refractivity (Wildman–Crippen MR) is 211 cm³/mol. The topological polar surface area (TPSA) is 4.93 Å². The summed E-state index contributed by atoms with van der Waals surface area (Å²) in [5.74, 6) is 0. The van der Waals surface area contributed by atoms with E-state index in [0.29, 0.717) is 0 Å². The monoisotopic (exact) mass is 619 g/mol. The zero-order chi connectivity index (χ0) is 32.1. The Bertz CT molecular complexity index is 3100. The van der Waals surface area contributed by atoms with Crippen molar-refractivity contribution < 1.29 is 0 Å². The largest absolute Gasteiger partial charge is 0.307 e. The second-order valence-corrected chi connectivity index (χ2v) is 13.2. The van der Waals surface area contributed by atoms with E-state index >= 15 is 0 Å². The summed E-state index contributed by atoms with van der Waals surface area (Å²) < 4.78 is 2.59. The highest BCUT2D eigenvalue weighted by molar-refractivity contribution is 6.37. The summed E-state index contributed by atoms with van der Waals surface area (Å²) in [7, 11) is 0. The second-order valence-electron chi connectivity index (χ2n) is 13.2. The summed E-state index contributed by atoms with van der Waals surface area (Å²) in [6, 6.07) is 65.0. The van der Waals surface area contributed by atoms with Gasteiger partial charge in [-0.2, -0.15) is 0 Å². The number of benzene rings is 10. The van der Waals surface area contributed by atoms with Gasteiger partial charge in [-0.15, -0.1) is 0 Å². The van der Waals surface area contributed by atoms with E-state index in [-0.39, 0.29) is 0 Å². The third-order valence-electron chi connectivity index (χ3n) is 10.7. The third kappa shape index (κ3) is 3.65. The molecule has 0 saturated carbocycles. The van der Waals surface area contributed by atoms with Gasteiger partial charge in [0.1, 0.15) is 0 Å². The first-order valence-electron chi connectivity index (χ1n) is 17.0. The van der Waals surface area contributed by atoms with Crippen molar-refractivity contribution in [2.24, 2.45) is 0 Å². The van der Waals surface area contributed by atoms with E-state index in [1.54, 1.807) is 0 Å². The van der Waals surface area contributed by atoms with Crippen LogP contribution in [-0.2, 0) is 0 Å². The van der Waals surface area contributed by atoms with Crippen LogP contribution >= 0.6 is 0 Å². The first-order valence-corrected chi connectivity index (χ1v) is 17.0. The van der Waals surface area contributed by atoms with Crippen LogP contribution in [0.1, 0.15) is 0 Å². The fourth-order valence-electron chi connectivity index (χ4n) is 8.67. The van der Waals surface area contributed by atoms with Crippen molar-refractivity contribution in [1.82, 2.24) is 4.57 Å². The molecule has 0 aliphatic carbocycles. The highest BCUT2D eigenvalue weighted by Crippen LogP contribution is 2.48. The molecule has 11 aromatic rings. The highest BCUT2D eigenvalue weighted by atomic mass is 15.0. The Kier molecular flexibility index (Phi) is 5.45. The minimum Gasteiger partial charge on any atom is -0.307 e. The van der Waals surface area contributed by atoms with Crippen molar-refractivity contribution in [1.29, 1.82) is 0 Å². The van der Waals surface area contributed by atoms with E-state index in [1.165, 1.54) is 103 Å². The van der Waals surface area contributed by atoms with E-state index in [9.17, 15) is 0 Å². The fraction of sp³-hybridized carbons (Fsp3) is 0. The van der Waals surface area contributed by atoms with Gasteiger partial charge in [0.2, 0.25) is 0 Å². The molecule has 0 radical (unpaired) electrons. The maximum absolute atomic E-state index is 2.59. The Hall–Kier alpha value is -6.44. The molecular weight excluding hydrogens is 591 g/mol. The first kappa shape index (κ1) is 26.6.